The first-order chi connectivity index (χ1) is 12.8. The number of carbonyl (C=O) groups is 2. The van der Waals surface area contributed by atoms with Crippen molar-refractivity contribution in [1.82, 2.24) is 14.8 Å². The molecule has 1 saturated heterocycles. The summed E-state index contributed by atoms with van der Waals surface area (Å²) < 4.78 is 2.02. The quantitative estimate of drug-likeness (QED) is 0.370. The second-order valence-corrected chi connectivity index (χ2v) is 6.99. The Kier molecular flexibility index (Phi) is 5.30. The number of aryl methyl sites for hydroxylation is 1. The van der Waals surface area contributed by atoms with Gasteiger partial charge in [-0.3, -0.25) is 19.8 Å². The number of hydrogen-bond donors (Lipinski definition) is 1. The molecule has 1 aromatic carbocycles. The number of nitrogens with one attached hydrogen (secondary N) is 1. The van der Waals surface area contributed by atoms with Gasteiger partial charge in [0.25, 0.3) is 11.8 Å². The number of rotatable bonds is 4. The second kappa shape index (κ2) is 7.50. The van der Waals surface area contributed by atoms with Crippen LogP contribution in [0.15, 0.2) is 48.6 Å². The third-order valence-electron chi connectivity index (χ3n) is 4.33. The van der Waals surface area contributed by atoms with Crippen molar-refractivity contribution in [3.8, 4) is 5.69 Å². The molecule has 138 valence electrons. The summed E-state index contributed by atoms with van der Waals surface area (Å²) >= 11 is 11.2. The van der Waals surface area contributed by atoms with Crippen LogP contribution in [-0.4, -0.2) is 32.9 Å². The lowest BCUT2D eigenvalue weighted by molar-refractivity contribution is -0.128. The molecule has 3 rings (SSSR count). The van der Waals surface area contributed by atoms with E-state index >= 15 is 0 Å². The molecule has 0 aliphatic carbocycles. The van der Waals surface area contributed by atoms with Gasteiger partial charge in [0.1, 0.15) is 5.57 Å². The maximum Gasteiger partial charge on any atom is 0.265 e. The number of halogens is 1. The zero-order valence-corrected chi connectivity index (χ0v) is 16.5. The molecule has 7 heteroatoms. The standard InChI is InChI=1S/C20H18ClN3O2S/c1-4-8-23-19(26)17(18(25)22-20(23)27)10-14-9-12(2)24(13(14)3)16-7-5-6-15(21)11-16/h4-7,9-11H,1,8H2,2-3H3,(H,22,25,27)/b17-10-. The monoisotopic (exact) mass is 399 g/mol. The highest BCUT2D eigenvalue weighted by Crippen LogP contribution is 2.25. The zero-order chi connectivity index (χ0) is 19.7. The minimum Gasteiger partial charge on any atom is -0.318 e. The lowest BCUT2D eigenvalue weighted by Gasteiger charge is -2.27. The van der Waals surface area contributed by atoms with Gasteiger partial charge in [-0.05, 0) is 62.0 Å². The first kappa shape index (κ1) is 19.1. The van der Waals surface area contributed by atoms with Crippen LogP contribution in [0.5, 0.6) is 0 Å². The van der Waals surface area contributed by atoms with E-state index in [0.717, 1.165) is 22.6 Å². The molecular formula is C20H18ClN3O2S. The predicted octanol–water partition coefficient (Wildman–Crippen LogP) is 3.56. The van der Waals surface area contributed by atoms with Crippen LogP contribution < -0.4 is 5.32 Å². The van der Waals surface area contributed by atoms with Gasteiger partial charge in [-0.15, -0.1) is 6.58 Å². The molecule has 0 spiro atoms. The van der Waals surface area contributed by atoms with E-state index in [9.17, 15) is 9.59 Å². The molecule has 0 radical (unpaired) electrons. The highest BCUT2D eigenvalue weighted by atomic mass is 35.5. The molecule has 0 unspecified atom stereocenters. The minimum atomic E-state index is -0.502. The van der Waals surface area contributed by atoms with Gasteiger partial charge in [-0.25, -0.2) is 0 Å². The lowest BCUT2D eigenvalue weighted by Crippen LogP contribution is -2.53. The summed E-state index contributed by atoms with van der Waals surface area (Å²) in [5.74, 6) is -0.936. The average Bonchev–Trinajstić information content (AvgIpc) is 2.89. The van der Waals surface area contributed by atoms with E-state index in [1.54, 1.807) is 12.2 Å². The smallest absolute Gasteiger partial charge is 0.265 e. The Balaban J connectivity index is 2.06. The number of thiocarbonyl (C=S) groups is 1. The van der Waals surface area contributed by atoms with Crippen molar-refractivity contribution in [3.05, 3.63) is 70.5 Å². The van der Waals surface area contributed by atoms with Crippen molar-refractivity contribution < 1.29 is 9.59 Å². The van der Waals surface area contributed by atoms with Crippen LogP contribution in [-0.2, 0) is 9.59 Å². The maximum atomic E-state index is 12.7. The fourth-order valence-electron chi connectivity index (χ4n) is 3.09. The molecule has 1 aromatic heterocycles. The highest BCUT2D eigenvalue weighted by Gasteiger charge is 2.32. The maximum absolute atomic E-state index is 12.7. The number of benzene rings is 1. The summed E-state index contributed by atoms with van der Waals surface area (Å²) in [6.07, 6.45) is 3.16. The molecule has 5 nitrogen and oxygen atoms in total. The van der Waals surface area contributed by atoms with Gasteiger partial charge in [0.15, 0.2) is 5.11 Å². The van der Waals surface area contributed by atoms with Crippen LogP contribution in [0.3, 0.4) is 0 Å². The largest absolute Gasteiger partial charge is 0.318 e. The minimum absolute atomic E-state index is 0.0387. The molecule has 2 aromatic rings. The van der Waals surface area contributed by atoms with E-state index in [1.165, 1.54) is 4.90 Å². The van der Waals surface area contributed by atoms with Gasteiger partial charge in [0, 0.05) is 28.6 Å². The van der Waals surface area contributed by atoms with Gasteiger partial charge < -0.3 is 4.57 Å². The molecule has 2 amide bonds. The summed E-state index contributed by atoms with van der Waals surface area (Å²) in [5.41, 5.74) is 3.58. The number of carbonyl (C=O) groups excluding carboxylic acids is 2. The third-order valence-corrected chi connectivity index (χ3v) is 4.89. The molecule has 0 atom stereocenters. The normalized spacial score (nSPS) is 16.0. The van der Waals surface area contributed by atoms with Crippen molar-refractivity contribution in [2.24, 2.45) is 0 Å². The van der Waals surface area contributed by atoms with Crippen LogP contribution in [0.2, 0.25) is 5.02 Å². The summed E-state index contributed by atoms with van der Waals surface area (Å²) in [6, 6.07) is 9.42. The van der Waals surface area contributed by atoms with Crippen LogP contribution >= 0.6 is 23.8 Å². The molecule has 1 aliphatic heterocycles. The summed E-state index contributed by atoms with van der Waals surface area (Å²) in [7, 11) is 0. The van der Waals surface area contributed by atoms with Gasteiger partial charge in [0.2, 0.25) is 0 Å². The number of aromatic nitrogens is 1. The Hall–Kier alpha value is -2.70. The Morgan fingerprint density at radius 2 is 2.00 bits per heavy atom. The highest BCUT2D eigenvalue weighted by molar-refractivity contribution is 7.80. The van der Waals surface area contributed by atoms with Gasteiger partial charge in [-0.1, -0.05) is 23.7 Å². The molecule has 2 heterocycles. The van der Waals surface area contributed by atoms with Crippen molar-refractivity contribution >= 4 is 46.8 Å². The molecule has 27 heavy (non-hydrogen) atoms. The fourth-order valence-corrected chi connectivity index (χ4v) is 3.53. The van der Waals surface area contributed by atoms with E-state index in [2.05, 4.69) is 11.9 Å². The van der Waals surface area contributed by atoms with Crippen LogP contribution in [0.25, 0.3) is 11.8 Å². The molecular weight excluding hydrogens is 382 g/mol. The Labute approximate surface area is 167 Å². The second-order valence-electron chi connectivity index (χ2n) is 6.16. The molecule has 1 aliphatic rings. The van der Waals surface area contributed by atoms with E-state index in [4.69, 9.17) is 23.8 Å². The van der Waals surface area contributed by atoms with Gasteiger partial charge >= 0.3 is 0 Å². The lowest BCUT2D eigenvalue weighted by atomic mass is 10.1. The number of nitrogens with zero attached hydrogens (tertiary/aromatic N) is 2. The number of amides is 2. The SMILES string of the molecule is C=CCN1C(=O)/C(=C\c2cc(C)n(-c3cccc(Cl)c3)c2C)C(=O)NC1=S. The summed E-state index contributed by atoms with van der Waals surface area (Å²) in [6.45, 7) is 7.74. The van der Waals surface area contributed by atoms with Crippen molar-refractivity contribution in [3.63, 3.8) is 0 Å². The fraction of sp³-hybridized carbons (Fsp3) is 0.150. The van der Waals surface area contributed by atoms with Gasteiger partial charge in [-0.2, -0.15) is 0 Å². The topological polar surface area (TPSA) is 54.3 Å². The first-order valence-electron chi connectivity index (χ1n) is 8.28. The molecule has 0 saturated carbocycles. The van der Waals surface area contributed by atoms with Crippen LogP contribution in [0, 0.1) is 13.8 Å². The molecule has 1 N–H and O–H groups in total. The Morgan fingerprint density at radius 1 is 1.26 bits per heavy atom. The van der Waals surface area contributed by atoms with Crippen molar-refractivity contribution in [1.29, 1.82) is 0 Å². The number of hydrogen-bond acceptors (Lipinski definition) is 3. The first-order valence-corrected chi connectivity index (χ1v) is 9.06. The van der Waals surface area contributed by atoms with Crippen LogP contribution in [0.4, 0.5) is 0 Å². The van der Waals surface area contributed by atoms with Gasteiger partial charge in [0.05, 0.1) is 0 Å². The molecule has 0 bridgehead atoms. The van der Waals surface area contributed by atoms with Crippen molar-refractivity contribution in [2.75, 3.05) is 6.54 Å². The van der Waals surface area contributed by atoms with E-state index < -0.39 is 11.8 Å². The Morgan fingerprint density at radius 3 is 2.67 bits per heavy atom. The summed E-state index contributed by atoms with van der Waals surface area (Å²) in [5, 5.41) is 3.28. The Bertz CT molecular complexity index is 1010. The average molecular weight is 400 g/mol. The van der Waals surface area contributed by atoms with E-state index in [0.29, 0.717) is 5.02 Å². The van der Waals surface area contributed by atoms with E-state index in [-0.39, 0.29) is 17.2 Å². The summed E-state index contributed by atoms with van der Waals surface area (Å²) in [4.78, 5) is 26.3. The zero-order valence-electron chi connectivity index (χ0n) is 15.0. The van der Waals surface area contributed by atoms with E-state index in [1.807, 2.05) is 48.7 Å². The molecule has 1 fully saturated rings. The van der Waals surface area contributed by atoms with Crippen LogP contribution in [0.1, 0.15) is 17.0 Å². The third kappa shape index (κ3) is 3.59. The van der Waals surface area contributed by atoms with Crippen molar-refractivity contribution in [2.45, 2.75) is 13.8 Å². The predicted molar refractivity (Wildman–Crippen MR) is 111 cm³/mol.